The van der Waals surface area contributed by atoms with Gasteiger partial charge in [0, 0.05) is 29.5 Å². The molecule has 5 rings (SSSR count). The summed E-state index contributed by atoms with van der Waals surface area (Å²) in [5.41, 5.74) is 5.32. The summed E-state index contributed by atoms with van der Waals surface area (Å²) in [5, 5.41) is 13.4. The lowest BCUT2D eigenvalue weighted by molar-refractivity contribution is 0.0697. The van der Waals surface area contributed by atoms with Crippen molar-refractivity contribution in [3.8, 4) is 5.69 Å². The maximum absolute atomic E-state index is 11.3. The number of rotatable bonds is 6. The molecule has 6 nitrogen and oxygen atoms in total. The highest BCUT2D eigenvalue weighted by atomic mass is 32.1. The molecular weight excluding hydrogens is 456 g/mol. The number of thiocarbonyl (C=S) groups is 1. The topological polar surface area (TPSA) is 70.4 Å². The van der Waals surface area contributed by atoms with E-state index < -0.39 is 5.97 Å². The molecule has 4 aromatic rings. The SMILES string of the molecule is CC(C)c1ccc(N2C(=S)N[C@H](c3ccccn3)[C@@H]2c2cccn2-c2ccc(C(=O)O)cc2)cc1. The number of carbonyl (C=O) groups is 1. The molecule has 0 bridgehead atoms. The van der Waals surface area contributed by atoms with Gasteiger partial charge >= 0.3 is 5.97 Å². The summed E-state index contributed by atoms with van der Waals surface area (Å²) in [6, 6.07) is 25.1. The molecule has 176 valence electrons. The molecule has 2 aromatic carbocycles. The first-order valence-electron chi connectivity index (χ1n) is 11.6. The summed E-state index contributed by atoms with van der Waals surface area (Å²) >= 11 is 5.85. The molecule has 2 aromatic heterocycles. The Bertz CT molecular complexity index is 1350. The Morgan fingerprint density at radius 1 is 0.971 bits per heavy atom. The van der Waals surface area contributed by atoms with Gasteiger partial charge in [-0.1, -0.05) is 32.0 Å². The third-order valence-electron chi connectivity index (χ3n) is 6.41. The van der Waals surface area contributed by atoms with Gasteiger partial charge in [-0.25, -0.2) is 4.79 Å². The van der Waals surface area contributed by atoms with Crippen LogP contribution in [0.15, 0.2) is 91.3 Å². The fourth-order valence-electron chi connectivity index (χ4n) is 4.59. The minimum atomic E-state index is -0.944. The van der Waals surface area contributed by atoms with Crippen LogP contribution in [0.2, 0.25) is 0 Å². The zero-order valence-corrected chi connectivity index (χ0v) is 20.3. The van der Waals surface area contributed by atoms with Crippen LogP contribution in [0.5, 0.6) is 0 Å². The number of nitrogens with one attached hydrogen (secondary N) is 1. The summed E-state index contributed by atoms with van der Waals surface area (Å²) in [6.45, 7) is 4.36. The average molecular weight is 483 g/mol. The lowest BCUT2D eigenvalue weighted by Crippen LogP contribution is -2.30. The fourth-order valence-corrected chi connectivity index (χ4v) is 4.93. The molecule has 1 aliphatic heterocycles. The van der Waals surface area contributed by atoms with Crippen LogP contribution in [0, 0.1) is 0 Å². The van der Waals surface area contributed by atoms with Gasteiger partial charge in [-0.3, -0.25) is 4.98 Å². The van der Waals surface area contributed by atoms with Gasteiger partial charge in [0.2, 0.25) is 0 Å². The Morgan fingerprint density at radius 2 is 1.69 bits per heavy atom. The van der Waals surface area contributed by atoms with Gasteiger partial charge in [0.25, 0.3) is 0 Å². The number of aromatic carboxylic acids is 1. The second-order valence-corrected chi connectivity index (χ2v) is 9.28. The molecule has 0 unspecified atom stereocenters. The summed E-state index contributed by atoms with van der Waals surface area (Å²) in [7, 11) is 0. The highest BCUT2D eigenvalue weighted by Crippen LogP contribution is 2.42. The second kappa shape index (κ2) is 9.35. The number of nitrogens with zero attached hydrogens (tertiary/aromatic N) is 3. The zero-order valence-electron chi connectivity index (χ0n) is 19.5. The maximum Gasteiger partial charge on any atom is 0.335 e. The number of hydrogen-bond donors (Lipinski definition) is 2. The molecule has 2 atom stereocenters. The standard InChI is InChI=1S/C28H26N4O2S/c1-18(2)19-8-14-22(15-9-19)32-26(25(30-28(32)35)23-6-3-4-16-29-23)24-7-5-17-31(24)21-12-10-20(11-13-21)27(33)34/h3-18,25-26H,1-2H3,(H,30,35)(H,33,34)/t25-,26+/m1/s1. The Labute approximate surface area is 209 Å². The Kier molecular flexibility index (Phi) is 6.09. The first-order valence-corrected chi connectivity index (χ1v) is 12.0. The van der Waals surface area contributed by atoms with E-state index in [0.717, 1.165) is 22.8 Å². The van der Waals surface area contributed by atoms with Gasteiger partial charge in [0.15, 0.2) is 5.11 Å². The molecule has 1 fully saturated rings. The van der Waals surface area contributed by atoms with Crippen LogP contribution in [0.3, 0.4) is 0 Å². The van der Waals surface area contributed by atoms with Crippen molar-refractivity contribution in [1.29, 1.82) is 0 Å². The highest BCUT2D eigenvalue weighted by molar-refractivity contribution is 7.80. The average Bonchev–Trinajstić information content (AvgIpc) is 3.49. The van der Waals surface area contributed by atoms with E-state index in [0.29, 0.717) is 11.0 Å². The van der Waals surface area contributed by atoms with Crippen molar-refractivity contribution in [1.82, 2.24) is 14.9 Å². The molecule has 0 spiro atoms. The quantitative estimate of drug-likeness (QED) is 0.335. The van der Waals surface area contributed by atoms with Crippen LogP contribution in [-0.4, -0.2) is 25.7 Å². The van der Waals surface area contributed by atoms with Crippen molar-refractivity contribution < 1.29 is 9.90 Å². The largest absolute Gasteiger partial charge is 0.478 e. The number of pyridine rings is 1. The molecule has 3 heterocycles. The Balaban J connectivity index is 1.62. The number of hydrogen-bond acceptors (Lipinski definition) is 3. The fraction of sp³-hybridized carbons (Fsp3) is 0.179. The van der Waals surface area contributed by atoms with E-state index in [4.69, 9.17) is 12.2 Å². The molecule has 7 heteroatoms. The highest BCUT2D eigenvalue weighted by Gasteiger charge is 2.42. The number of anilines is 1. The third-order valence-corrected chi connectivity index (χ3v) is 6.73. The zero-order chi connectivity index (χ0) is 24.5. The number of aromatic nitrogens is 2. The Morgan fingerprint density at radius 3 is 2.31 bits per heavy atom. The second-order valence-electron chi connectivity index (χ2n) is 8.90. The van der Waals surface area contributed by atoms with Gasteiger partial charge in [-0.2, -0.15) is 0 Å². The molecule has 1 saturated heterocycles. The smallest absolute Gasteiger partial charge is 0.335 e. The van der Waals surface area contributed by atoms with Crippen molar-refractivity contribution in [2.45, 2.75) is 31.8 Å². The molecule has 0 saturated carbocycles. The van der Waals surface area contributed by atoms with Gasteiger partial charge in [0.1, 0.15) is 6.04 Å². The number of benzene rings is 2. The van der Waals surface area contributed by atoms with Crippen LogP contribution in [0.4, 0.5) is 5.69 Å². The molecule has 0 radical (unpaired) electrons. The normalized spacial score (nSPS) is 17.6. The first-order chi connectivity index (χ1) is 16.9. The van der Waals surface area contributed by atoms with E-state index in [9.17, 15) is 9.90 Å². The van der Waals surface area contributed by atoms with Crippen molar-refractivity contribution >= 4 is 29.0 Å². The van der Waals surface area contributed by atoms with E-state index in [2.05, 4.69) is 63.9 Å². The molecule has 0 amide bonds. The number of carboxylic acid groups (broad SMARTS) is 1. The van der Waals surface area contributed by atoms with Gasteiger partial charge in [-0.05, 0) is 84.4 Å². The molecule has 2 N–H and O–H groups in total. The van der Waals surface area contributed by atoms with Crippen molar-refractivity contribution in [3.05, 3.63) is 114 Å². The third kappa shape index (κ3) is 4.31. The van der Waals surface area contributed by atoms with Gasteiger partial charge in [0.05, 0.1) is 17.3 Å². The van der Waals surface area contributed by atoms with Crippen molar-refractivity contribution in [2.24, 2.45) is 0 Å². The summed E-state index contributed by atoms with van der Waals surface area (Å²) < 4.78 is 2.08. The lowest BCUT2D eigenvalue weighted by Gasteiger charge is -2.29. The maximum atomic E-state index is 11.3. The van der Waals surface area contributed by atoms with E-state index in [1.54, 1.807) is 18.3 Å². The molecule has 0 aliphatic carbocycles. The lowest BCUT2D eigenvalue weighted by atomic mass is 9.99. The predicted octanol–water partition coefficient (Wildman–Crippen LogP) is 5.87. The monoisotopic (exact) mass is 482 g/mol. The van der Waals surface area contributed by atoms with E-state index in [-0.39, 0.29) is 17.6 Å². The first kappa shape index (κ1) is 22.8. The van der Waals surface area contributed by atoms with Gasteiger partial charge in [-0.15, -0.1) is 0 Å². The number of carboxylic acids is 1. The van der Waals surface area contributed by atoms with Crippen molar-refractivity contribution in [2.75, 3.05) is 4.90 Å². The summed E-state index contributed by atoms with van der Waals surface area (Å²) in [6.07, 6.45) is 3.78. The minimum absolute atomic E-state index is 0.166. The van der Waals surface area contributed by atoms with E-state index >= 15 is 0 Å². The van der Waals surface area contributed by atoms with Crippen molar-refractivity contribution in [3.63, 3.8) is 0 Å². The predicted molar refractivity (Wildman–Crippen MR) is 141 cm³/mol. The molecular formula is C28H26N4O2S. The van der Waals surface area contributed by atoms with Crippen LogP contribution in [-0.2, 0) is 0 Å². The van der Waals surface area contributed by atoms with Gasteiger partial charge < -0.3 is 19.9 Å². The Hall–Kier alpha value is -3.97. The van der Waals surface area contributed by atoms with Crippen LogP contribution in [0.1, 0.15) is 59.2 Å². The van der Waals surface area contributed by atoms with Crippen LogP contribution >= 0.6 is 12.2 Å². The molecule has 35 heavy (non-hydrogen) atoms. The van der Waals surface area contributed by atoms with Crippen LogP contribution < -0.4 is 10.2 Å². The minimum Gasteiger partial charge on any atom is -0.478 e. The van der Waals surface area contributed by atoms with Crippen LogP contribution in [0.25, 0.3) is 5.69 Å². The van der Waals surface area contributed by atoms with E-state index in [1.165, 1.54) is 5.56 Å². The summed E-state index contributed by atoms with van der Waals surface area (Å²) in [5.74, 6) is -0.503. The van der Waals surface area contributed by atoms with E-state index in [1.807, 2.05) is 42.6 Å². The summed E-state index contributed by atoms with van der Waals surface area (Å²) in [4.78, 5) is 18.1. The molecule has 1 aliphatic rings.